The highest BCUT2D eigenvalue weighted by Crippen LogP contribution is 2.65. The van der Waals surface area contributed by atoms with Gasteiger partial charge in [0.1, 0.15) is 4.90 Å². The molecule has 2 aromatic rings. The third-order valence-electron chi connectivity index (χ3n) is 12.0. The van der Waals surface area contributed by atoms with Gasteiger partial charge >= 0.3 is 0 Å². The number of oxime groups is 1. The van der Waals surface area contributed by atoms with Crippen LogP contribution >= 0.6 is 11.8 Å². The van der Waals surface area contributed by atoms with Crippen molar-refractivity contribution in [3.8, 4) is 0 Å². The Hall–Kier alpha value is -3.13. The molecule has 11 nitrogen and oxygen atoms in total. The molecule has 0 bridgehead atoms. The molecule has 0 unspecified atom stereocenters. The zero-order valence-electron chi connectivity index (χ0n) is 28.9. The van der Waals surface area contributed by atoms with E-state index in [-0.39, 0.29) is 46.0 Å². The second-order valence-electron chi connectivity index (χ2n) is 14.8. The van der Waals surface area contributed by atoms with E-state index < -0.39 is 10.1 Å². The molecule has 0 radical (unpaired) electrons. The van der Waals surface area contributed by atoms with Gasteiger partial charge in [-0.1, -0.05) is 48.8 Å². The summed E-state index contributed by atoms with van der Waals surface area (Å²) < 4.78 is 32.9. The first-order chi connectivity index (χ1) is 23.9. The molecule has 13 heteroatoms. The number of carbonyl (C=O) groups excluding carboxylic acids is 2. The van der Waals surface area contributed by atoms with E-state index in [4.69, 9.17) is 4.84 Å². The summed E-state index contributed by atoms with van der Waals surface area (Å²) in [5, 5.41) is 25.0. The van der Waals surface area contributed by atoms with Crippen molar-refractivity contribution in [2.45, 2.75) is 76.2 Å². The van der Waals surface area contributed by atoms with Crippen LogP contribution in [0.25, 0.3) is 10.8 Å². The van der Waals surface area contributed by atoms with Crippen molar-refractivity contribution in [2.75, 3.05) is 43.1 Å². The predicted octanol–water partition coefficient (Wildman–Crippen LogP) is 5.16. The molecule has 4 aliphatic carbocycles. The van der Waals surface area contributed by atoms with E-state index in [9.17, 15) is 27.7 Å². The zero-order valence-corrected chi connectivity index (χ0v) is 30.6. The molecule has 3 fully saturated rings. The normalized spacial score (nSPS) is 29.8. The van der Waals surface area contributed by atoms with Gasteiger partial charge in [0, 0.05) is 41.8 Å². The second-order valence-corrected chi connectivity index (χ2v) is 17.3. The minimum Gasteiger partial charge on any atom is -0.393 e. The highest BCUT2D eigenvalue weighted by Gasteiger charge is 2.58. The lowest BCUT2D eigenvalue weighted by Crippen LogP contribution is -2.51. The number of thioether (sulfide) groups is 1. The van der Waals surface area contributed by atoms with Crippen LogP contribution in [0.5, 0.6) is 0 Å². The number of carbonyl (C=O) groups is 2. The minimum absolute atomic E-state index is 0.0904. The summed E-state index contributed by atoms with van der Waals surface area (Å²) in [6, 6.07) is 9.84. The summed E-state index contributed by atoms with van der Waals surface area (Å²) in [6.45, 7) is 5.82. The van der Waals surface area contributed by atoms with Crippen LogP contribution < -0.4 is 16.0 Å². The SMILES string of the molecule is C[C@]12CC[C@H]3[C@@H](CCC4=C/C(=N\OCC(=O)NCCSCC(=O)NCCNc5cccc6c(S(=O)(=O)O)cccc56)CC[C@@]43C)[C@@H]1CC[C@@H]2O. The Kier molecular flexibility index (Phi) is 11.2. The number of fused-ring (bicyclic) bond motifs is 6. The molecule has 0 spiro atoms. The molecule has 6 atom stereocenters. The van der Waals surface area contributed by atoms with Crippen LogP contribution in [0.15, 0.2) is 58.1 Å². The van der Waals surface area contributed by atoms with E-state index >= 15 is 0 Å². The average molecular weight is 727 g/mol. The maximum Gasteiger partial charge on any atom is 0.295 e. The summed E-state index contributed by atoms with van der Waals surface area (Å²) in [7, 11) is -4.35. The van der Waals surface area contributed by atoms with Gasteiger partial charge in [-0.15, -0.1) is 0 Å². The van der Waals surface area contributed by atoms with E-state index in [1.165, 1.54) is 36.2 Å². The largest absolute Gasteiger partial charge is 0.393 e. The third-order valence-corrected chi connectivity index (χ3v) is 13.9. The molecular weight excluding hydrogens is 677 g/mol. The van der Waals surface area contributed by atoms with Gasteiger partial charge in [-0.05, 0) is 98.2 Å². The van der Waals surface area contributed by atoms with Gasteiger partial charge in [0.2, 0.25) is 5.91 Å². The van der Waals surface area contributed by atoms with Crippen molar-refractivity contribution >= 4 is 55.9 Å². The van der Waals surface area contributed by atoms with Crippen LogP contribution in [0.4, 0.5) is 5.69 Å². The van der Waals surface area contributed by atoms with Crippen LogP contribution in [-0.4, -0.2) is 79.5 Å². The fourth-order valence-electron chi connectivity index (χ4n) is 9.38. The number of hydrogen-bond acceptors (Lipinski definition) is 9. The maximum absolute atomic E-state index is 12.3. The van der Waals surface area contributed by atoms with Crippen molar-refractivity contribution in [1.29, 1.82) is 0 Å². The van der Waals surface area contributed by atoms with Gasteiger partial charge in [-0.25, -0.2) is 0 Å². The Morgan fingerprint density at radius 3 is 2.54 bits per heavy atom. The lowest BCUT2D eigenvalue weighted by molar-refractivity contribution is -0.125. The Labute approximate surface area is 299 Å². The molecule has 2 amide bonds. The number of anilines is 1. The Morgan fingerprint density at radius 2 is 1.72 bits per heavy atom. The van der Waals surface area contributed by atoms with E-state index in [1.807, 2.05) is 0 Å². The quantitative estimate of drug-likeness (QED) is 0.107. The molecule has 50 heavy (non-hydrogen) atoms. The predicted molar refractivity (Wildman–Crippen MR) is 197 cm³/mol. The standard InChI is InChI=1S/C37H50N4O7S2/c1-36-15-13-25(21-24(36)9-10-28-29-11-12-33(42)37(29,2)16-14-30(28)36)41-48-22-34(43)40-19-20-49-23-35(44)39-18-17-38-31-7-3-6-27-26(31)5-4-8-32(27)50(45,46)47/h3-8,21,28-30,33,38,42H,9-20,22-23H2,1-2H3,(H,39,44)(H,40,43)(H,45,46,47)/b41-25-/t28-,29-,30-,33-,36-,37-/m0/s1. The molecule has 0 saturated heterocycles. The summed E-state index contributed by atoms with van der Waals surface area (Å²) in [4.78, 5) is 29.9. The first kappa shape index (κ1) is 36.7. The topological polar surface area (TPSA) is 166 Å². The van der Waals surface area contributed by atoms with Gasteiger partial charge in [0.15, 0.2) is 6.61 Å². The number of allylic oxidation sites excluding steroid dienone is 2. The number of benzene rings is 2. The summed E-state index contributed by atoms with van der Waals surface area (Å²) in [5.41, 5.74) is 3.34. The zero-order chi connectivity index (χ0) is 35.5. The number of rotatable bonds is 13. The number of amides is 2. The van der Waals surface area contributed by atoms with E-state index in [2.05, 4.69) is 41.0 Å². The molecule has 6 rings (SSSR count). The molecule has 272 valence electrons. The molecule has 3 saturated carbocycles. The van der Waals surface area contributed by atoms with E-state index in [0.717, 1.165) is 44.2 Å². The van der Waals surface area contributed by atoms with Crippen LogP contribution in [0.1, 0.15) is 65.2 Å². The van der Waals surface area contributed by atoms with Crippen molar-refractivity contribution in [3.05, 3.63) is 48.0 Å². The number of hydrogen-bond donors (Lipinski definition) is 5. The maximum atomic E-state index is 12.3. The van der Waals surface area contributed by atoms with Gasteiger partial charge in [-0.2, -0.15) is 20.2 Å². The lowest BCUT2D eigenvalue weighted by atomic mass is 9.47. The van der Waals surface area contributed by atoms with Gasteiger partial charge in [0.05, 0.1) is 17.6 Å². The molecule has 5 N–H and O–H groups in total. The van der Waals surface area contributed by atoms with Gasteiger partial charge < -0.3 is 25.9 Å². The Bertz CT molecular complexity index is 1760. The first-order valence-electron chi connectivity index (χ1n) is 17.8. The fraction of sp³-hybridized carbons (Fsp3) is 0.595. The van der Waals surface area contributed by atoms with E-state index in [0.29, 0.717) is 59.6 Å². The Morgan fingerprint density at radius 1 is 0.940 bits per heavy atom. The van der Waals surface area contributed by atoms with Gasteiger partial charge in [-0.3, -0.25) is 14.1 Å². The van der Waals surface area contributed by atoms with Crippen LogP contribution in [0, 0.1) is 28.6 Å². The smallest absolute Gasteiger partial charge is 0.295 e. The summed E-state index contributed by atoms with van der Waals surface area (Å²) >= 11 is 1.42. The summed E-state index contributed by atoms with van der Waals surface area (Å²) in [5.74, 6) is 2.44. The molecule has 4 aliphatic rings. The number of aliphatic hydroxyl groups excluding tert-OH is 1. The van der Waals surface area contributed by atoms with E-state index in [1.54, 1.807) is 30.3 Å². The summed E-state index contributed by atoms with van der Waals surface area (Å²) in [6.07, 6.45) is 10.6. The lowest BCUT2D eigenvalue weighted by Gasteiger charge is -2.57. The van der Waals surface area contributed by atoms with Crippen molar-refractivity contribution in [2.24, 2.45) is 33.7 Å². The van der Waals surface area contributed by atoms with Crippen molar-refractivity contribution < 1.29 is 32.5 Å². The Balaban J connectivity index is 0.855. The molecule has 2 aromatic carbocycles. The third kappa shape index (κ3) is 7.70. The molecule has 0 heterocycles. The van der Waals surface area contributed by atoms with Crippen molar-refractivity contribution in [1.82, 2.24) is 10.6 Å². The van der Waals surface area contributed by atoms with Crippen LogP contribution in [-0.2, 0) is 24.5 Å². The number of aliphatic hydroxyl groups is 1. The highest BCUT2D eigenvalue weighted by molar-refractivity contribution is 7.99. The number of nitrogens with one attached hydrogen (secondary N) is 3. The minimum atomic E-state index is -4.35. The van der Waals surface area contributed by atoms with Crippen LogP contribution in [0.2, 0.25) is 0 Å². The number of nitrogens with zero attached hydrogens (tertiary/aromatic N) is 1. The highest BCUT2D eigenvalue weighted by atomic mass is 32.2. The monoisotopic (exact) mass is 726 g/mol. The van der Waals surface area contributed by atoms with Gasteiger partial charge in [0.25, 0.3) is 16.0 Å². The first-order valence-corrected chi connectivity index (χ1v) is 20.4. The average Bonchev–Trinajstić information content (AvgIpc) is 3.39. The molecule has 0 aliphatic heterocycles. The fourth-order valence-corrected chi connectivity index (χ4v) is 10.8. The van der Waals surface area contributed by atoms with Crippen LogP contribution in [0.3, 0.4) is 0 Å². The second kappa shape index (κ2) is 15.2. The molecule has 0 aromatic heterocycles. The van der Waals surface area contributed by atoms with Crippen molar-refractivity contribution in [3.63, 3.8) is 0 Å². The molecular formula is C37H50N4O7S2.